The summed E-state index contributed by atoms with van der Waals surface area (Å²) >= 11 is 0. The molecule has 0 aromatic heterocycles. The van der Waals surface area contributed by atoms with Crippen LogP contribution in [-0.4, -0.2) is 32.9 Å². The summed E-state index contributed by atoms with van der Waals surface area (Å²) in [6.07, 6.45) is 1.66. The predicted molar refractivity (Wildman–Crippen MR) is 100 cm³/mol. The minimum Gasteiger partial charge on any atom is -0.490 e. The molecule has 2 aromatic carbocycles. The Kier molecular flexibility index (Phi) is 6.18. The van der Waals surface area contributed by atoms with Gasteiger partial charge in [-0.2, -0.15) is 0 Å². The monoisotopic (exact) mass is 374 g/mol. The molecule has 2 N–H and O–H groups in total. The van der Waals surface area contributed by atoms with Crippen LogP contribution in [0.5, 0.6) is 5.75 Å². The van der Waals surface area contributed by atoms with Crippen molar-refractivity contribution in [3.05, 3.63) is 71.8 Å². The van der Waals surface area contributed by atoms with Crippen molar-refractivity contribution in [2.24, 2.45) is 5.14 Å². The van der Waals surface area contributed by atoms with Gasteiger partial charge in [0.2, 0.25) is 10.0 Å². The van der Waals surface area contributed by atoms with Gasteiger partial charge in [-0.1, -0.05) is 30.9 Å². The van der Waals surface area contributed by atoms with Crippen molar-refractivity contribution < 1.29 is 17.9 Å². The SMILES string of the molecule is C=CCOc1ccc(CN(C)C(=O)c2ccc(C)c(S(N)(=O)=O)c2)cc1. The van der Waals surface area contributed by atoms with Gasteiger partial charge in [0.1, 0.15) is 12.4 Å². The Labute approximate surface area is 153 Å². The second-order valence-electron chi connectivity index (χ2n) is 5.93. The summed E-state index contributed by atoms with van der Waals surface area (Å²) < 4.78 is 28.7. The van der Waals surface area contributed by atoms with E-state index in [9.17, 15) is 13.2 Å². The zero-order chi connectivity index (χ0) is 19.3. The third-order valence-electron chi connectivity index (χ3n) is 3.80. The maximum Gasteiger partial charge on any atom is 0.253 e. The molecule has 0 fully saturated rings. The molecule has 0 spiro atoms. The molecular formula is C19H22N2O4S. The lowest BCUT2D eigenvalue weighted by atomic mass is 10.1. The van der Waals surface area contributed by atoms with Crippen LogP contribution in [0.25, 0.3) is 0 Å². The molecule has 0 unspecified atom stereocenters. The number of ether oxygens (including phenoxy) is 1. The third-order valence-corrected chi connectivity index (χ3v) is 4.85. The first-order valence-corrected chi connectivity index (χ1v) is 9.48. The molecule has 0 aliphatic rings. The van der Waals surface area contributed by atoms with Crippen molar-refractivity contribution in [2.75, 3.05) is 13.7 Å². The summed E-state index contributed by atoms with van der Waals surface area (Å²) in [5, 5.41) is 5.20. The molecule has 0 radical (unpaired) electrons. The summed E-state index contributed by atoms with van der Waals surface area (Å²) in [6.45, 7) is 6.03. The van der Waals surface area contributed by atoms with Crippen molar-refractivity contribution in [1.29, 1.82) is 0 Å². The van der Waals surface area contributed by atoms with Crippen LogP contribution in [0.4, 0.5) is 0 Å². The third kappa shape index (κ3) is 4.93. The van der Waals surface area contributed by atoms with E-state index < -0.39 is 10.0 Å². The highest BCUT2D eigenvalue weighted by molar-refractivity contribution is 7.89. The van der Waals surface area contributed by atoms with Crippen LogP contribution in [0.15, 0.2) is 60.0 Å². The number of sulfonamides is 1. The second-order valence-corrected chi connectivity index (χ2v) is 7.46. The number of carbonyl (C=O) groups excluding carboxylic acids is 1. The Balaban J connectivity index is 2.13. The molecule has 7 heteroatoms. The normalized spacial score (nSPS) is 11.0. The highest BCUT2D eigenvalue weighted by atomic mass is 32.2. The first-order chi connectivity index (χ1) is 12.2. The van der Waals surface area contributed by atoms with E-state index in [1.54, 1.807) is 32.2 Å². The highest BCUT2D eigenvalue weighted by Gasteiger charge is 2.17. The van der Waals surface area contributed by atoms with E-state index in [0.717, 1.165) is 11.3 Å². The zero-order valence-corrected chi connectivity index (χ0v) is 15.6. The summed E-state index contributed by atoms with van der Waals surface area (Å²) in [7, 11) is -2.22. The average molecular weight is 374 g/mol. The van der Waals surface area contributed by atoms with E-state index in [2.05, 4.69) is 6.58 Å². The molecule has 6 nitrogen and oxygen atoms in total. The number of aryl methyl sites for hydroxylation is 1. The highest BCUT2D eigenvalue weighted by Crippen LogP contribution is 2.18. The Morgan fingerprint density at radius 3 is 2.46 bits per heavy atom. The topological polar surface area (TPSA) is 89.7 Å². The van der Waals surface area contributed by atoms with Gasteiger partial charge in [-0.25, -0.2) is 13.6 Å². The van der Waals surface area contributed by atoms with Crippen molar-refractivity contribution in [1.82, 2.24) is 4.90 Å². The van der Waals surface area contributed by atoms with Crippen LogP contribution in [0, 0.1) is 6.92 Å². The first-order valence-electron chi connectivity index (χ1n) is 7.94. The molecule has 138 valence electrons. The van der Waals surface area contributed by atoms with Crippen LogP contribution in [0.2, 0.25) is 0 Å². The maximum absolute atomic E-state index is 12.6. The van der Waals surface area contributed by atoms with Crippen LogP contribution >= 0.6 is 0 Å². The fourth-order valence-corrected chi connectivity index (χ4v) is 3.26. The second kappa shape index (κ2) is 8.16. The molecule has 1 amide bonds. The molecule has 0 aliphatic heterocycles. The van der Waals surface area contributed by atoms with Gasteiger partial charge in [-0.05, 0) is 42.3 Å². The Morgan fingerprint density at radius 1 is 1.23 bits per heavy atom. The minimum absolute atomic E-state index is 0.0412. The number of hydrogen-bond acceptors (Lipinski definition) is 4. The number of primary sulfonamides is 1. The largest absolute Gasteiger partial charge is 0.490 e. The number of hydrogen-bond donors (Lipinski definition) is 1. The summed E-state index contributed by atoms with van der Waals surface area (Å²) in [4.78, 5) is 14.1. The molecular weight excluding hydrogens is 352 g/mol. The van der Waals surface area contributed by atoms with Gasteiger partial charge in [-0.15, -0.1) is 0 Å². The van der Waals surface area contributed by atoms with E-state index in [4.69, 9.17) is 9.88 Å². The lowest BCUT2D eigenvalue weighted by Crippen LogP contribution is -2.26. The van der Waals surface area contributed by atoms with E-state index in [1.807, 2.05) is 24.3 Å². The summed E-state index contributed by atoms with van der Waals surface area (Å²) in [6, 6.07) is 11.9. The molecule has 0 aliphatic carbocycles. The number of carbonyl (C=O) groups is 1. The molecule has 0 saturated carbocycles. The molecule has 26 heavy (non-hydrogen) atoms. The maximum atomic E-state index is 12.6. The molecule has 0 heterocycles. The lowest BCUT2D eigenvalue weighted by molar-refractivity contribution is 0.0785. The van der Waals surface area contributed by atoms with Gasteiger partial charge < -0.3 is 9.64 Å². The molecule has 2 aromatic rings. The van der Waals surface area contributed by atoms with Gasteiger partial charge >= 0.3 is 0 Å². The van der Waals surface area contributed by atoms with Gasteiger partial charge in [0.15, 0.2) is 0 Å². The van der Waals surface area contributed by atoms with E-state index >= 15 is 0 Å². The van der Waals surface area contributed by atoms with Crippen LogP contribution in [0.3, 0.4) is 0 Å². The Bertz CT molecular complexity index is 906. The fourth-order valence-electron chi connectivity index (χ4n) is 2.45. The van der Waals surface area contributed by atoms with Crippen molar-refractivity contribution in [3.63, 3.8) is 0 Å². The smallest absolute Gasteiger partial charge is 0.253 e. The molecule has 0 saturated heterocycles. The lowest BCUT2D eigenvalue weighted by Gasteiger charge is -2.18. The van der Waals surface area contributed by atoms with Crippen LogP contribution < -0.4 is 9.88 Å². The van der Waals surface area contributed by atoms with Gasteiger partial charge in [0.05, 0.1) is 4.90 Å². The number of benzene rings is 2. The number of nitrogens with two attached hydrogens (primary N) is 1. The summed E-state index contributed by atoms with van der Waals surface area (Å²) in [5.41, 5.74) is 1.69. The molecule has 2 rings (SSSR count). The van der Waals surface area contributed by atoms with Crippen molar-refractivity contribution in [2.45, 2.75) is 18.4 Å². The predicted octanol–water partition coefficient (Wildman–Crippen LogP) is 2.48. The fraction of sp³-hybridized carbons (Fsp3) is 0.211. The molecule has 0 atom stereocenters. The Morgan fingerprint density at radius 2 is 1.88 bits per heavy atom. The summed E-state index contributed by atoms with van der Waals surface area (Å²) in [5.74, 6) is 0.431. The van der Waals surface area contributed by atoms with Crippen LogP contribution in [-0.2, 0) is 16.6 Å². The zero-order valence-electron chi connectivity index (χ0n) is 14.8. The average Bonchev–Trinajstić information content (AvgIpc) is 2.60. The van der Waals surface area contributed by atoms with E-state index in [0.29, 0.717) is 18.7 Å². The quantitative estimate of drug-likeness (QED) is 0.754. The number of rotatable bonds is 7. The van der Waals surface area contributed by atoms with Gasteiger partial charge in [0, 0.05) is 19.2 Å². The number of amides is 1. The van der Waals surface area contributed by atoms with Gasteiger partial charge in [0.25, 0.3) is 5.91 Å². The minimum atomic E-state index is -3.88. The van der Waals surface area contributed by atoms with E-state index in [-0.39, 0.29) is 16.4 Å². The van der Waals surface area contributed by atoms with Crippen LogP contribution in [0.1, 0.15) is 21.5 Å². The van der Waals surface area contributed by atoms with E-state index in [1.165, 1.54) is 11.0 Å². The standard InChI is InChI=1S/C19H22N2O4S/c1-4-11-25-17-9-6-15(7-10-17)13-21(3)19(22)16-8-5-14(2)18(12-16)26(20,23)24/h4-10,12H,1,11,13H2,2-3H3,(H2,20,23,24). The number of nitrogens with zero attached hydrogens (tertiary/aromatic N) is 1. The van der Waals surface area contributed by atoms with Crippen molar-refractivity contribution in [3.8, 4) is 5.75 Å². The van der Waals surface area contributed by atoms with Crippen molar-refractivity contribution >= 4 is 15.9 Å². The first kappa shape index (κ1) is 19.7. The molecule has 0 bridgehead atoms. The van der Waals surface area contributed by atoms with Gasteiger partial charge in [-0.3, -0.25) is 4.79 Å². The Hall–Kier alpha value is -2.64.